The van der Waals surface area contributed by atoms with Crippen LogP contribution in [0.15, 0.2) is 54.3 Å². The number of benzene rings is 2. The lowest BCUT2D eigenvalue weighted by molar-refractivity contribution is -0.121. The summed E-state index contributed by atoms with van der Waals surface area (Å²) in [4.78, 5) is 39.7. The van der Waals surface area contributed by atoms with Gasteiger partial charge in [0.1, 0.15) is 12.0 Å². The average Bonchev–Trinajstić information content (AvgIpc) is 3.71. The number of halogens is 2. The van der Waals surface area contributed by atoms with Gasteiger partial charge in [-0.3, -0.25) is 14.9 Å². The fraction of sp³-hybridized carbons (Fsp3) is 0.333. The zero-order valence-corrected chi connectivity index (χ0v) is 23.3. The predicted octanol–water partition coefficient (Wildman–Crippen LogP) is 3.79. The van der Waals surface area contributed by atoms with Crippen molar-refractivity contribution in [1.29, 1.82) is 0 Å². The minimum absolute atomic E-state index is 0.0924. The number of amides is 2. The van der Waals surface area contributed by atoms with Gasteiger partial charge in [0.25, 0.3) is 11.8 Å². The molecule has 9 nitrogen and oxygen atoms in total. The summed E-state index contributed by atoms with van der Waals surface area (Å²) >= 11 is 1.24. The molecule has 4 aliphatic rings. The molecule has 2 N–H and O–H groups in total. The van der Waals surface area contributed by atoms with Crippen LogP contribution in [0.4, 0.5) is 19.6 Å². The van der Waals surface area contributed by atoms with Crippen LogP contribution in [-0.2, 0) is 24.3 Å². The number of hydrogen-bond donors (Lipinski definition) is 2. The Morgan fingerprint density at radius 1 is 1.14 bits per heavy atom. The Bertz CT molecular complexity index is 1710. The van der Waals surface area contributed by atoms with Gasteiger partial charge in [0, 0.05) is 72.1 Å². The minimum atomic E-state index is -1.18. The first-order valence-electron chi connectivity index (χ1n) is 14.0. The number of hydrogen-bond acceptors (Lipinski definition) is 7. The molecular weight excluding hydrogens is 560 g/mol. The lowest BCUT2D eigenvalue weighted by atomic mass is 9.74. The Kier molecular flexibility index (Phi) is 5.73. The van der Waals surface area contributed by atoms with Crippen molar-refractivity contribution in [2.75, 3.05) is 36.4 Å². The second kappa shape index (κ2) is 9.43. The predicted molar refractivity (Wildman–Crippen MR) is 154 cm³/mol. The number of anilines is 2. The highest BCUT2D eigenvalue weighted by atomic mass is 32.1. The smallest absolute Gasteiger partial charge is 0.255 e. The van der Waals surface area contributed by atoms with Gasteiger partial charge in [0.15, 0.2) is 11.2 Å². The normalized spacial score (nSPS) is 20.7. The average molecular weight is 588 g/mol. The Morgan fingerprint density at radius 3 is 2.67 bits per heavy atom. The summed E-state index contributed by atoms with van der Waals surface area (Å²) in [7, 11) is 0. The first-order valence-corrected chi connectivity index (χ1v) is 14.8. The van der Waals surface area contributed by atoms with Crippen LogP contribution >= 0.6 is 11.3 Å². The molecule has 8 rings (SSSR count). The molecule has 4 aromatic rings. The van der Waals surface area contributed by atoms with Crippen LogP contribution in [0.2, 0.25) is 0 Å². The van der Waals surface area contributed by atoms with Gasteiger partial charge in [-0.1, -0.05) is 12.1 Å². The van der Waals surface area contributed by atoms with Gasteiger partial charge in [-0.25, -0.2) is 18.7 Å². The first-order chi connectivity index (χ1) is 20.4. The van der Waals surface area contributed by atoms with Gasteiger partial charge >= 0.3 is 0 Å². The molecule has 0 saturated carbocycles. The summed E-state index contributed by atoms with van der Waals surface area (Å²) in [6.45, 7) is 4.22. The van der Waals surface area contributed by atoms with Crippen molar-refractivity contribution in [3.8, 4) is 11.1 Å². The van der Waals surface area contributed by atoms with Gasteiger partial charge in [-0.05, 0) is 35.4 Å². The number of nitrogens with zero attached hydrogens (tertiary/aromatic N) is 5. The Balaban J connectivity index is 1.09. The molecule has 6 heterocycles. The number of imidazole rings is 1. The van der Waals surface area contributed by atoms with Gasteiger partial charge in [0.05, 0.1) is 25.1 Å². The molecule has 12 heteroatoms. The Hall–Kier alpha value is -4.16. The molecule has 42 heavy (non-hydrogen) atoms. The number of alkyl halides is 1. The molecule has 2 saturated heterocycles. The van der Waals surface area contributed by atoms with E-state index in [-0.39, 0.29) is 30.6 Å². The lowest BCUT2D eigenvalue weighted by Gasteiger charge is -2.57. The summed E-state index contributed by atoms with van der Waals surface area (Å²) in [5.74, 6) is -1.52. The fourth-order valence-electron chi connectivity index (χ4n) is 6.66. The third kappa shape index (κ3) is 4.03. The highest BCUT2D eigenvalue weighted by molar-refractivity contribution is 7.13. The van der Waals surface area contributed by atoms with Crippen LogP contribution in [0, 0.1) is 11.2 Å². The highest BCUT2D eigenvalue weighted by Crippen LogP contribution is 2.40. The van der Waals surface area contributed by atoms with Gasteiger partial charge in [0.2, 0.25) is 0 Å². The van der Waals surface area contributed by atoms with Crippen LogP contribution in [0.1, 0.15) is 33.4 Å². The number of rotatable bonds is 6. The molecule has 214 valence electrons. The molecular formula is C30H27F2N7O2S. The van der Waals surface area contributed by atoms with Crippen molar-refractivity contribution in [3.05, 3.63) is 82.6 Å². The van der Waals surface area contributed by atoms with Crippen LogP contribution in [0.3, 0.4) is 0 Å². The molecule has 0 aliphatic carbocycles. The Labute approximate surface area is 244 Å². The lowest BCUT2D eigenvalue weighted by Crippen LogP contribution is -2.71. The van der Waals surface area contributed by atoms with E-state index in [1.165, 1.54) is 28.6 Å². The Morgan fingerprint density at radius 2 is 1.95 bits per heavy atom. The molecule has 1 spiro atoms. The molecule has 2 atom stereocenters. The molecule has 0 bridgehead atoms. The van der Waals surface area contributed by atoms with Gasteiger partial charge < -0.3 is 19.7 Å². The number of fused-ring (bicyclic) bond motifs is 2. The fourth-order valence-corrected chi connectivity index (χ4v) is 7.20. The third-order valence-electron chi connectivity index (χ3n) is 8.90. The van der Waals surface area contributed by atoms with E-state index in [9.17, 15) is 14.0 Å². The number of thiazole rings is 1. The number of carbonyl (C=O) groups is 2. The minimum Gasteiger partial charge on any atom is -0.370 e. The van der Waals surface area contributed by atoms with E-state index < -0.39 is 29.8 Å². The van der Waals surface area contributed by atoms with Crippen molar-refractivity contribution in [2.45, 2.75) is 31.7 Å². The molecule has 2 fully saturated rings. The van der Waals surface area contributed by atoms with E-state index in [0.717, 1.165) is 37.4 Å². The van der Waals surface area contributed by atoms with Crippen LogP contribution in [0.25, 0.3) is 11.1 Å². The molecule has 2 aromatic heterocycles. The van der Waals surface area contributed by atoms with Crippen LogP contribution < -0.4 is 15.5 Å². The van der Waals surface area contributed by atoms with E-state index in [2.05, 4.69) is 25.5 Å². The molecule has 2 amide bonds. The summed E-state index contributed by atoms with van der Waals surface area (Å²) in [6, 6.07) is 9.92. The van der Waals surface area contributed by atoms with Gasteiger partial charge in [-0.15, -0.1) is 11.3 Å². The summed E-state index contributed by atoms with van der Waals surface area (Å²) in [5.41, 5.74) is 4.22. The number of carbonyl (C=O) groups excluding carboxylic acids is 2. The molecule has 2 unspecified atom stereocenters. The largest absolute Gasteiger partial charge is 0.370 e. The van der Waals surface area contributed by atoms with E-state index in [1.54, 1.807) is 22.2 Å². The highest BCUT2D eigenvalue weighted by Gasteiger charge is 2.47. The van der Waals surface area contributed by atoms with Crippen molar-refractivity contribution in [2.24, 2.45) is 5.41 Å². The topological polar surface area (TPSA) is 95.4 Å². The first kappa shape index (κ1) is 25.5. The quantitative estimate of drug-likeness (QED) is 0.357. The summed E-state index contributed by atoms with van der Waals surface area (Å²) < 4.78 is 31.5. The third-order valence-corrected chi connectivity index (χ3v) is 9.59. The SMILES string of the molecule is O=C(Nc1nccs1)C(c1ncn2c1CC(F)C2)N1Cc2c(F)cc(-c3ccc(N4CC5(CNC5)C4)cc3)cc2C1=O. The molecule has 4 aliphatic heterocycles. The number of nitrogens with one attached hydrogen (secondary N) is 2. The van der Waals surface area contributed by atoms with Crippen molar-refractivity contribution < 1.29 is 18.4 Å². The maximum atomic E-state index is 15.6. The summed E-state index contributed by atoms with van der Waals surface area (Å²) in [6.07, 6.45) is 2.05. The van der Waals surface area contributed by atoms with Crippen molar-refractivity contribution in [3.63, 3.8) is 0 Å². The number of aromatic nitrogens is 3. The van der Waals surface area contributed by atoms with E-state index >= 15 is 4.39 Å². The maximum absolute atomic E-state index is 15.6. The molecule has 0 radical (unpaired) electrons. The standard InChI is InChI=1S/C30H27F2N7O2S/c31-19-9-24-25(35-16-37(24)10-19)26(27(40)36-29-34-5-6-42-29)39-11-22-21(28(39)41)7-18(8-23(22)32)17-1-3-20(4-2-17)38-14-30(15-38)12-33-13-30/h1-8,16,19,26,33H,9-15H2,(H,34,36,40). The summed E-state index contributed by atoms with van der Waals surface area (Å²) in [5, 5.41) is 8.19. The second-order valence-corrected chi connectivity index (χ2v) is 12.6. The van der Waals surface area contributed by atoms with Crippen LogP contribution in [0.5, 0.6) is 0 Å². The van der Waals surface area contributed by atoms with Gasteiger partial charge in [-0.2, -0.15) is 0 Å². The monoisotopic (exact) mass is 587 g/mol. The zero-order chi connectivity index (χ0) is 28.6. The van der Waals surface area contributed by atoms with E-state index in [1.807, 2.05) is 24.3 Å². The van der Waals surface area contributed by atoms with Crippen LogP contribution in [-0.4, -0.2) is 63.6 Å². The second-order valence-electron chi connectivity index (χ2n) is 11.7. The van der Waals surface area contributed by atoms with Crippen molar-refractivity contribution >= 4 is 34.0 Å². The van der Waals surface area contributed by atoms with E-state index in [4.69, 9.17) is 0 Å². The zero-order valence-electron chi connectivity index (χ0n) is 22.5. The van der Waals surface area contributed by atoms with Crippen molar-refractivity contribution in [1.82, 2.24) is 24.8 Å². The molecule has 2 aromatic carbocycles. The van der Waals surface area contributed by atoms with E-state index in [0.29, 0.717) is 27.5 Å². The maximum Gasteiger partial charge on any atom is 0.255 e.